The van der Waals surface area contributed by atoms with Crippen molar-refractivity contribution in [2.75, 3.05) is 0 Å². The fourth-order valence-corrected chi connectivity index (χ4v) is 5.49. The minimum absolute atomic E-state index is 1.02. The summed E-state index contributed by atoms with van der Waals surface area (Å²) >= 11 is 0. The van der Waals surface area contributed by atoms with Crippen molar-refractivity contribution in [3.8, 4) is 11.4 Å². The quantitative estimate of drug-likeness (QED) is 0.174. The van der Waals surface area contributed by atoms with Crippen LogP contribution >= 0.6 is 0 Å². The predicted octanol–water partition coefficient (Wildman–Crippen LogP) is 8.96. The molecular formula is C31H30N2. The molecule has 2 nitrogen and oxygen atoms in total. The van der Waals surface area contributed by atoms with Crippen LogP contribution in [0.25, 0.3) is 54.7 Å². The van der Waals surface area contributed by atoms with Crippen molar-refractivity contribution in [2.24, 2.45) is 0 Å². The lowest BCUT2D eigenvalue weighted by Gasteiger charge is -2.15. The lowest BCUT2D eigenvalue weighted by atomic mass is 9.92. The van der Waals surface area contributed by atoms with Gasteiger partial charge >= 0.3 is 0 Å². The van der Waals surface area contributed by atoms with Gasteiger partial charge in [-0.25, -0.2) is 4.98 Å². The van der Waals surface area contributed by atoms with Gasteiger partial charge in [-0.2, -0.15) is 0 Å². The molecule has 0 amide bonds. The molecule has 0 radical (unpaired) electrons. The molecular weight excluding hydrogens is 400 g/mol. The van der Waals surface area contributed by atoms with E-state index in [2.05, 4.69) is 90.4 Å². The maximum Gasteiger partial charge on any atom is 0.141 e. The van der Waals surface area contributed by atoms with Crippen LogP contribution in [0.2, 0.25) is 0 Å². The second-order valence-corrected chi connectivity index (χ2v) is 9.31. The van der Waals surface area contributed by atoms with Gasteiger partial charge in [-0.3, -0.25) is 0 Å². The van der Waals surface area contributed by atoms with Crippen molar-refractivity contribution < 1.29 is 0 Å². The van der Waals surface area contributed by atoms with Crippen LogP contribution in [0.3, 0.4) is 0 Å². The molecule has 0 saturated heterocycles. The molecule has 33 heavy (non-hydrogen) atoms. The molecule has 0 saturated carbocycles. The van der Waals surface area contributed by atoms with Gasteiger partial charge in [0.1, 0.15) is 5.82 Å². The van der Waals surface area contributed by atoms with E-state index in [-0.39, 0.29) is 0 Å². The first kappa shape index (κ1) is 20.2. The molecule has 164 valence electrons. The third-order valence-corrected chi connectivity index (χ3v) is 7.16. The Morgan fingerprint density at radius 1 is 0.636 bits per heavy atom. The lowest BCUT2D eigenvalue weighted by Crippen LogP contribution is -2.01. The number of benzene rings is 5. The number of aromatic nitrogens is 2. The number of para-hydroxylation sites is 2. The summed E-state index contributed by atoms with van der Waals surface area (Å²) in [6.45, 7) is 3.30. The molecule has 0 spiro atoms. The van der Waals surface area contributed by atoms with Gasteiger partial charge in [-0.05, 0) is 50.9 Å². The van der Waals surface area contributed by atoms with Gasteiger partial charge in [0.15, 0.2) is 0 Å². The summed E-state index contributed by atoms with van der Waals surface area (Å²) in [5, 5.41) is 7.95. The normalized spacial score (nSPS) is 12.0. The Balaban J connectivity index is 1.49. The number of unbranched alkanes of at least 4 members (excludes halogenated alkanes) is 5. The highest BCUT2D eigenvalue weighted by molar-refractivity contribution is 6.25. The molecule has 1 aromatic heterocycles. The molecule has 0 bridgehead atoms. The highest BCUT2D eigenvalue weighted by atomic mass is 15.1. The molecule has 1 heterocycles. The summed E-state index contributed by atoms with van der Waals surface area (Å²) < 4.78 is 2.46. The Labute approximate surface area is 195 Å². The largest absolute Gasteiger partial charge is 0.324 e. The van der Waals surface area contributed by atoms with Crippen molar-refractivity contribution in [2.45, 2.75) is 52.0 Å². The summed E-state index contributed by atoms with van der Waals surface area (Å²) in [5.74, 6) is 1.10. The molecule has 0 aliphatic heterocycles. The zero-order valence-corrected chi connectivity index (χ0v) is 19.3. The molecule has 0 fully saturated rings. The Morgan fingerprint density at radius 2 is 1.33 bits per heavy atom. The van der Waals surface area contributed by atoms with Crippen LogP contribution in [0, 0.1) is 0 Å². The van der Waals surface area contributed by atoms with Gasteiger partial charge in [0, 0.05) is 12.1 Å². The molecule has 5 aromatic carbocycles. The molecule has 0 aliphatic carbocycles. The Kier molecular flexibility index (Phi) is 5.22. The zero-order chi connectivity index (χ0) is 22.2. The van der Waals surface area contributed by atoms with Crippen molar-refractivity contribution in [1.82, 2.24) is 9.55 Å². The van der Waals surface area contributed by atoms with Crippen LogP contribution in [0.4, 0.5) is 0 Å². The molecule has 6 rings (SSSR count). The van der Waals surface area contributed by atoms with Gasteiger partial charge < -0.3 is 4.57 Å². The van der Waals surface area contributed by atoms with E-state index in [9.17, 15) is 0 Å². The fraction of sp³-hybridized carbons (Fsp3) is 0.258. The van der Waals surface area contributed by atoms with E-state index in [1.807, 2.05) is 0 Å². The monoisotopic (exact) mass is 430 g/mol. The van der Waals surface area contributed by atoms with Gasteiger partial charge in [-0.15, -0.1) is 0 Å². The fourth-order valence-electron chi connectivity index (χ4n) is 5.49. The third kappa shape index (κ3) is 3.45. The van der Waals surface area contributed by atoms with E-state index in [0.717, 1.165) is 17.9 Å². The average Bonchev–Trinajstić information content (AvgIpc) is 3.23. The Morgan fingerprint density at radius 3 is 2.18 bits per heavy atom. The highest BCUT2D eigenvalue weighted by Crippen LogP contribution is 2.39. The van der Waals surface area contributed by atoms with Gasteiger partial charge in [0.25, 0.3) is 0 Å². The van der Waals surface area contributed by atoms with E-state index in [4.69, 9.17) is 4.98 Å². The zero-order valence-electron chi connectivity index (χ0n) is 19.3. The van der Waals surface area contributed by atoms with Crippen molar-refractivity contribution in [1.29, 1.82) is 0 Å². The topological polar surface area (TPSA) is 17.8 Å². The van der Waals surface area contributed by atoms with E-state index >= 15 is 0 Å². The van der Waals surface area contributed by atoms with Crippen LogP contribution in [0.15, 0.2) is 78.9 Å². The standard InChI is InChI=1S/C31H30N2/c1-2-3-4-5-6-9-21-33-28-14-8-7-13-27(28)32-31(33)26-20-18-24-16-15-22-11-10-12-23-17-19-25(26)30(24)29(22)23/h7-8,10-20H,2-6,9,21H2,1H3. The summed E-state index contributed by atoms with van der Waals surface area (Å²) in [5.41, 5.74) is 3.57. The predicted molar refractivity (Wildman–Crippen MR) is 142 cm³/mol. The SMILES string of the molecule is CCCCCCCCn1c(-c2ccc3ccc4cccc5ccc2c3c45)nc2ccccc21. The molecule has 6 aromatic rings. The van der Waals surface area contributed by atoms with Crippen LogP contribution in [-0.4, -0.2) is 9.55 Å². The second kappa shape index (κ2) is 8.51. The second-order valence-electron chi connectivity index (χ2n) is 9.31. The Bertz CT molecular complexity index is 1540. The molecule has 0 atom stereocenters. The summed E-state index contributed by atoms with van der Waals surface area (Å²) in [4.78, 5) is 5.16. The first-order valence-electron chi connectivity index (χ1n) is 12.5. The number of aryl methyl sites for hydroxylation is 1. The maximum absolute atomic E-state index is 5.16. The minimum atomic E-state index is 1.02. The number of hydrogen-bond acceptors (Lipinski definition) is 1. The first-order valence-corrected chi connectivity index (χ1v) is 12.5. The van der Waals surface area contributed by atoms with Gasteiger partial charge in [-0.1, -0.05) is 106 Å². The number of hydrogen-bond donors (Lipinski definition) is 0. The average molecular weight is 431 g/mol. The molecule has 2 heteroatoms. The van der Waals surface area contributed by atoms with Crippen LogP contribution in [0.1, 0.15) is 45.4 Å². The minimum Gasteiger partial charge on any atom is -0.324 e. The number of nitrogens with zero attached hydrogens (tertiary/aromatic N) is 2. The Hall–Kier alpha value is -3.39. The van der Waals surface area contributed by atoms with Crippen molar-refractivity contribution in [3.05, 3.63) is 78.9 Å². The van der Waals surface area contributed by atoms with E-state index in [1.165, 1.54) is 81.9 Å². The van der Waals surface area contributed by atoms with Crippen LogP contribution < -0.4 is 0 Å². The lowest BCUT2D eigenvalue weighted by molar-refractivity contribution is 0.566. The van der Waals surface area contributed by atoms with E-state index in [1.54, 1.807) is 0 Å². The van der Waals surface area contributed by atoms with Crippen molar-refractivity contribution >= 4 is 43.4 Å². The maximum atomic E-state index is 5.16. The number of imidazole rings is 1. The van der Waals surface area contributed by atoms with Crippen LogP contribution in [0.5, 0.6) is 0 Å². The molecule has 0 N–H and O–H groups in total. The number of fused-ring (bicyclic) bond motifs is 1. The molecule has 0 unspecified atom stereocenters. The van der Waals surface area contributed by atoms with Crippen LogP contribution in [-0.2, 0) is 6.54 Å². The summed E-state index contributed by atoms with van der Waals surface area (Å²) in [6, 6.07) is 28.8. The van der Waals surface area contributed by atoms with Gasteiger partial charge in [0.05, 0.1) is 11.0 Å². The van der Waals surface area contributed by atoms with E-state index < -0.39 is 0 Å². The third-order valence-electron chi connectivity index (χ3n) is 7.16. The first-order chi connectivity index (χ1) is 16.3. The van der Waals surface area contributed by atoms with Crippen molar-refractivity contribution in [3.63, 3.8) is 0 Å². The highest BCUT2D eigenvalue weighted by Gasteiger charge is 2.17. The summed E-state index contributed by atoms with van der Waals surface area (Å²) in [6.07, 6.45) is 7.80. The van der Waals surface area contributed by atoms with E-state index in [0.29, 0.717) is 0 Å². The van der Waals surface area contributed by atoms with Gasteiger partial charge in [0.2, 0.25) is 0 Å². The summed E-state index contributed by atoms with van der Waals surface area (Å²) in [7, 11) is 0. The number of rotatable bonds is 8. The molecule has 0 aliphatic rings. The smallest absolute Gasteiger partial charge is 0.141 e.